The molecule has 0 unspecified atom stereocenters. The van der Waals surface area contributed by atoms with Crippen molar-refractivity contribution in [1.82, 2.24) is 15.1 Å². The number of halogens is 1. The molecule has 1 N–H and O–H groups in total. The number of nitrogens with one attached hydrogen (secondary N) is 1. The third kappa shape index (κ3) is 4.08. The van der Waals surface area contributed by atoms with Crippen LogP contribution in [0.4, 0.5) is 0 Å². The van der Waals surface area contributed by atoms with Crippen LogP contribution in [0.5, 0.6) is 0 Å². The first-order valence-electron chi connectivity index (χ1n) is 7.57. The molecular formula is C15H24BrN3O. The summed E-state index contributed by atoms with van der Waals surface area (Å²) in [6.45, 7) is 4.64. The Morgan fingerprint density at radius 2 is 1.95 bits per heavy atom. The van der Waals surface area contributed by atoms with Crippen molar-refractivity contribution in [1.29, 1.82) is 0 Å². The summed E-state index contributed by atoms with van der Waals surface area (Å²) in [6.07, 6.45) is 7.89. The van der Waals surface area contributed by atoms with Crippen LogP contribution >= 0.6 is 15.9 Å². The van der Waals surface area contributed by atoms with Crippen LogP contribution < -0.4 is 5.32 Å². The number of carbonyl (C=O) groups is 1. The maximum absolute atomic E-state index is 12.0. The molecule has 2 rings (SSSR count). The Balaban J connectivity index is 1.81. The number of hydrogen-bond acceptors (Lipinski definition) is 2. The fraction of sp³-hybridized carbons (Fsp3) is 0.733. The van der Waals surface area contributed by atoms with Crippen LogP contribution in [0.25, 0.3) is 0 Å². The molecule has 5 heteroatoms. The quantitative estimate of drug-likeness (QED) is 0.852. The summed E-state index contributed by atoms with van der Waals surface area (Å²) in [7, 11) is 0. The number of rotatable bonds is 4. The summed E-state index contributed by atoms with van der Waals surface area (Å²) < 4.78 is 2.95. The SMILES string of the molecule is Cc1nn(CCC(=O)NC2CCCCCC2)c(C)c1Br. The van der Waals surface area contributed by atoms with Gasteiger partial charge in [0.15, 0.2) is 0 Å². The van der Waals surface area contributed by atoms with E-state index in [9.17, 15) is 4.79 Å². The van der Waals surface area contributed by atoms with E-state index in [4.69, 9.17) is 0 Å². The second kappa shape index (κ2) is 7.25. The monoisotopic (exact) mass is 341 g/mol. The molecule has 1 aliphatic carbocycles. The van der Waals surface area contributed by atoms with Crippen LogP contribution in [0.3, 0.4) is 0 Å². The highest BCUT2D eigenvalue weighted by molar-refractivity contribution is 9.10. The molecule has 0 spiro atoms. The first-order chi connectivity index (χ1) is 9.58. The lowest BCUT2D eigenvalue weighted by atomic mass is 10.1. The third-order valence-electron chi connectivity index (χ3n) is 4.06. The van der Waals surface area contributed by atoms with Gasteiger partial charge in [0, 0.05) is 18.2 Å². The van der Waals surface area contributed by atoms with Gasteiger partial charge in [0.05, 0.1) is 16.7 Å². The Hall–Kier alpha value is -0.840. The molecule has 0 atom stereocenters. The normalized spacial score (nSPS) is 16.9. The van der Waals surface area contributed by atoms with E-state index in [-0.39, 0.29) is 5.91 Å². The largest absolute Gasteiger partial charge is 0.353 e. The minimum Gasteiger partial charge on any atom is -0.353 e. The van der Waals surface area contributed by atoms with Crippen LogP contribution in [0.1, 0.15) is 56.3 Å². The van der Waals surface area contributed by atoms with Crippen LogP contribution in [0.15, 0.2) is 4.47 Å². The third-order valence-corrected chi connectivity index (χ3v) is 5.21. The van der Waals surface area contributed by atoms with E-state index in [0.717, 1.165) is 28.7 Å². The van der Waals surface area contributed by atoms with Gasteiger partial charge in [0.1, 0.15) is 0 Å². The Morgan fingerprint density at radius 1 is 1.30 bits per heavy atom. The van der Waals surface area contributed by atoms with E-state index in [2.05, 4.69) is 26.3 Å². The molecule has 1 aliphatic rings. The lowest BCUT2D eigenvalue weighted by molar-refractivity contribution is -0.122. The van der Waals surface area contributed by atoms with Gasteiger partial charge in [-0.25, -0.2) is 0 Å². The molecule has 20 heavy (non-hydrogen) atoms. The molecule has 0 aromatic carbocycles. The lowest BCUT2D eigenvalue weighted by Gasteiger charge is -2.16. The number of amides is 1. The zero-order chi connectivity index (χ0) is 14.5. The molecule has 1 aromatic heterocycles. The van der Waals surface area contributed by atoms with Crippen LogP contribution in [0, 0.1) is 13.8 Å². The van der Waals surface area contributed by atoms with Gasteiger partial charge in [-0.2, -0.15) is 5.10 Å². The van der Waals surface area contributed by atoms with E-state index in [1.807, 2.05) is 18.5 Å². The van der Waals surface area contributed by atoms with Gasteiger partial charge in [0.25, 0.3) is 0 Å². The minimum absolute atomic E-state index is 0.153. The van der Waals surface area contributed by atoms with Gasteiger partial charge in [-0.15, -0.1) is 0 Å². The number of aryl methyl sites for hydroxylation is 2. The van der Waals surface area contributed by atoms with E-state index in [0.29, 0.717) is 19.0 Å². The second-order valence-electron chi connectivity index (χ2n) is 5.71. The fourth-order valence-electron chi connectivity index (χ4n) is 2.82. The van der Waals surface area contributed by atoms with Crippen LogP contribution in [-0.4, -0.2) is 21.7 Å². The zero-order valence-electron chi connectivity index (χ0n) is 12.4. The molecule has 1 saturated carbocycles. The van der Waals surface area contributed by atoms with E-state index in [1.165, 1.54) is 25.7 Å². The topological polar surface area (TPSA) is 46.9 Å². The molecule has 1 heterocycles. The van der Waals surface area contributed by atoms with Crippen molar-refractivity contribution in [2.24, 2.45) is 0 Å². The number of nitrogens with zero attached hydrogens (tertiary/aromatic N) is 2. The van der Waals surface area contributed by atoms with Gasteiger partial charge in [-0.3, -0.25) is 9.48 Å². The van der Waals surface area contributed by atoms with Crippen LogP contribution in [0.2, 0.25) is 0 Å². The second-order valence-corrected chi connectivity index (χ2v) is 6.51. The van der Waals surface area contributed by atoms with Gasteiger partial charge < -0.3 is 5.32 Å². The Morgan fingerprint density at radius 3 is 2.50 bits per heavy atom. The molecule has 0 radical (unpaired) electrons. The fourth-order valence-corrected chi connectivity index (χ4v) is 3.11. The van der Waals surface area contributed by atoms with Gasteiger partial charge in [-0.1, -0.05) is 25.7 Å². The number of aromatic nitrogens is 2. The van der Waals surface area contributed by atoms with E-state index >= 15 is 0 Å². The summed E-state index contributed by atoms with van der Waals surface area (Å²) in [5.41, 5.74) is 2.07. The van der Waals surface area contributed by atoms with Crippen molar-refractivity contribution >= 4 is 21.8 Å². The number of carbonyl (C=O) groups excluding carboxylic acids is 1. The first kappa shape index (κ1) is 15.5. The van der Waals surface area contributed by atoms with Crippen molar-refractivity contribution in [2.45, 2.75) is 71.4 Å². The summed E-state index contributed by atoms with van der Waals surface area (Å²) in [6, 6.07) is 0.386. The average Bonchev–Trinajstić information content (AvgIpc) is 2.65. The Kier molecular flexibility index (Phi) is 5.64. The molecule has 1 amide bonds. The Bertz CT molecular complexity index is 462. The summed E-state index contributed by atoms with van der Waals surface area (Å²) in [5.74, 6) is 0.153. The highest BCUT2D eigenvalue weighted by Gasteiger charge is 2.15. The van der Waals surface area contributed by atoms with Gasteiger partial charge >= 0.3 is 0 Å². The van der Waals surface area contributed by atoms with Crippen molar-refractivity contribution in [2.75, 3.05) is 0 Å². The lowest BCUT2D eigenvalue weighted by Crippen LogP contribution is -2.34. The smallest absolute Gasteiger partial charge is 0.222 e. The van der Waals surface area contributed by atoms with Crippen molar-refractivity contribution in [3.8, 4) is 0 Å². The molecular weight excluding hydrogens is 318 g/mol. The summed E-state index contributed by atoms with van der Waals surface area (Å²) in [4.78, 5) is 12.0. The zero-order valence-corrected chi connectivity index (χ0v) is 14.0. The summed E-state index contributed by atoms with van der Waals surface area (Å²) in [5, 5.41) is 7.61. The van der Waals surface area contributed by atoms with Gasteiger partial charge in [-0.05, 0) is 42.6 Å². The molecule has 1 aromatic rings. The highest BCUT2D eigenvalue weighted by Crippen LogP contribution is 2.20. The van der Waals surface area contributed by atoms with Crippen molar-refractivity contribution in [3.63, 3.8) is 0 Å². The minimum atomic E-state index is 0.153. The maximum Gasteiger partial charge on any atom is 0.222 e. The predicted octanol–water partition coefficient (Wildman–Crippen LogP) is 3.49. The van der Waals surface area contributed by atoms with E-state index in [1.54, 1.807) is 0 Å². The van der Waals surface area contributed by atoms with Crippen molar-refractivity contribution < 1.29 is 4.79 Å². The molecule has 1 fully saturated rings. The molecule has 0 saturated heterocycles. The maximum atomic E-state index is 12.0. The molecule has 0 bridgehead atoms. The molecule has 0 aliphatic heterocycles. The Labute approximate surface area is 129 Å². The predicted molar refractivity (Wildman–Crippen MR) is 83.7 cm³/mol. The molecule has 4 nitrogen and oxygen atoms in total. The highest BCUT2D eigenvalue weighted by atomic mass is 79.9. The number of hydrogen-bond donors (Lipinski definition) is 1. The standard InChI is InChI=1S/C15H24BrN3O/c1-11-15(16)12(2)19(18-11)10-9-14(20)17-13-7-5-3-4-6-8-13/h13H,3-10H2,1-2H3,(H,17,20). The van der Waals surface area contributed by atoms with Crippen LogP contribution in [-0.2, 0) is 11.3 Å². The first-order valence-corrected chi connectivity index (χ1v) is 8.36. The average molecular weight is 342 g/mol. The summed E-state index contributed by atoms with van der Waals surface area (Å²) >= 11 is 3.51. The van der Waals surface area contributed by atoms with Gasteiger partial charge in [0.2, 0.25) is 5.91 Å². The molecule has 112 valence electrons. The van der Waals surface area contributed by atoms with Crippen molar-refractivity contribution in [3.05, 3.63) is 15.9 Å². The van der Waals surface area contributed by atoms with E-state index < -0.39 is 0 Å².